The second-order valence-corrected chi connectivity index (χ2v) is 9.18. The highest BCUT2D eigenvalue weighted by molar-refractivity contribution is 7.98. The minimum Gasteiger partial charge on any atom is -0.436 e. The van der Waals surface area contributed by atoms with Gasteiger partial charge < -0.3 is 14.3 Å². The van der Waals surface area contributed by atoms with Gasteiger partial charge in [-0.05, 0) is 30.7 Å². The Labute approximate surface area is 204 Å². The number of nitrogens with one attached hydrogen (secondary N) is 1. The molecule has 0 saturated carbocycles. The van der Waals surface area contributed by atoms with Gasteiger partial charge in [0.1, 0.15) is 5.82 Å². The number of aromatic nitrogens is 4. The molecule has 0 radical (unpaired) electrons. The van der Waals surface area contributed by atoms with Crippen LogP contribution in [0.3, 0.4) is 0 Å². The van der Waals surface area contributed by atoms with E-state index < -0.39 is 0 Å². The molecule has 2 heterocycles. The molecule has 1 N–H and O–H groups in total. The van der Waals surface area contributed by atoms with Gasteiger partial charge in [-0.2, -0.15) is 0 Å². The van der Waals surface area contributed by atoms with Gasteiger partial charge in [-0.15, -0.1) is 10.2 Å². The van der Waals surface area contributed by atoms with Gasteiger partial charge in [0.25, 0.3) is 5.91 Å². The first-order valence-corrected chi connectivity index (χ1v) is 12.6. The lowest BCUT2D eigenvalue weighted by molar-refractivity contribution is 0.0953. The van der Waals surface area contributed by atoms with Crippen molar-refractivity contribution in [2.75, 3.05) is 12.8 Å². The molecule has 0 atom stereocenters. The molecule has 176 valence electrons. The molecular weight excluding hydrogens is 446 g/mol. The van der Waals surface area contributed by atoms with E-state index in [1.807, 2.05) is 54.8 Å². The summed E-state index contributed by atoms with van der Waals surface area (Å²) in [7, 11) is 0. The minimum absolute atomic E-state index is 0.150. The quantitative estimate of drug-likeness (QED) is 0.246. The number of aryl methyl sites for hydroxylation is 1. The Balaban J connectivity index is 1.40. The summed E-state index contributed by atoms with van der Waals surface area (Å²) in [5.74, 6) is 2.41. The van der Waals surface area contributed by atoms with Gasteiger partial charge in [0, 0.05) is 30.6 Å². The lowest BCUT2D eigenvalue weighted by Crippen LogP contribution is -2.25. The second-order valence-electron chi connectivity index (χ2n) is 8.41. The minimum atomic E-state index is -0.150. The number of amides is 1. The van der Waals surface area contributed by atoms with E-state index in [0.717, 1.165) is 35.9 Å². The van der Waals surface area contributed by atoms with Gasteiger partial charge in [0.05, 0.1) is 11.8 Å². The van der Waals surface area contributed by atoms with Crippen molar-refractivity contribution < 1.29 is 9.21 Å². The lowest BCUT2D eigenvalue weighted by atomic mass is 10.1. The van der Waals surface area contributed by atoms with Crippen LogP contribution in [0.4, 0.5) is 0 Å². The summed E-state index contributed by atoms with van der Waals surface area (Å²) < 4.78 is 8.16. The normalized spacial score (nSPS) is 11.2. The number of carbonyl (C=O) groups excluding carboxylic acids is 1. The SMILES string of the molecule is CSc1nnc(CCCNC(=O)c2ccccc2-c2ncc(-c3ccccc3)o2)n1CC(C)C. The zero-order valence-corrected chi connectivity index (χ0v) is 20.5. The standard InChI is InChI=1S/C26H29N5O2S/c1-18(2)17-31-23(29-30-26(31)34-3)14-9-15-27-24(32)20-12-7-8-13-21(20)25-28-16-22(33-25)19-10-5-4-6-11-19/h4-8,10-13,16,18H,9,14-15,17H2,1-3H3,(H,27,32). The maximum Gasteiger partial charge on any atom is 0.252 e. The largest absolute Gasteiger partial charge is 0.436 e. The van der Waals surface area contributed by atoms with E-state index in [1.54, 1.807) is 24.0 Å². The fraction of sp³-hybridized carbons (Fsp3) is 0.308. The van der Waals surface area contributed by atoms with Crippen molar-refractivity contribution in [3.63, 3.8) is 0 Å². The summed E-state index contributed by atoms with van der Waals surface area (Å²) in [5.41, 5.74) is 2.15. The molecule has 34 heavy (non-hydrogen) atoms. The van der Waals surface area contributed by atoms with E-state index in [0.29, 0.717) is 35.2 Å². The van der Waals surface area contributed by atoms with Crippen LogP contribution in [0.5, 0.6) is 0 Å². The van der Waals surface area contributed by atoms with Crippen LogP contribution in [0.2, 0.25) is 0 Å². The van der Waals surface area contributed by atoms with Gasteiger partial charge in [-0.25, -0.2) is 4.98 Å². The predicted molar refractivity (Wildman–Crippen MR) is 135 cm³/mol. The summed E-state index contributed by atoms with van der Waals surface area (Å²) in [6.07, 6.45) is 5.23. The van der Waals surface area contributed by atoms with Crippen LogP contribution in [0.1, 0.15) is 36.5 Å². The third-order valence-electron chi connectivity index (χ3n) is 5.35. The van der Waals surface area contributed by atoms with Gasteiger partial charge in [0.2, 0.25) is 5.89 Å². The second kappa shape index (κ2) is 11.2. The monoisotopic (exact) mass is 475 g/mol. The molecular formula is C26H29N5O2S. The first kappa shape index (κ1) is 23.8. The fourth-order valence-electron chi connectivity index (χ4n) is 3.75. The number of thioether (sulfide) groups is 1. The van der Waals surface area contributed by atoms with E-state index in [2.05, 4.69) is 38.9 Å². The summed E-state index contributed by atoms with van der Waals surface area (Å²) in [4.78, 5) is 17.4. The molecule has 0 aliphatic heterocycles. The number of carbonyl (C=O) groups is 1. The number of hydrogen-bond donors (Lipinski definition) is 1. The molecule has 7 nitrogen and oxygen atoms in total. The molecule has 0 fully saturated rings. The molecule has 2 aromatic heterocycles. The van der Waals surface area contributed by atoms with Crippen LogP contribution in [0.25, 0.3) is 22.8 Å². The van der Waals surface area contributed by atoms with Crippen LogP contribution in [-0.2, 0) is 13.0 Å². The Hall–Kier alpha value is -3.39. The van der Waals surface area contributed by atoms with E-state index in [1.165, 1.54) is 0 Å². The Morgan fingerprint density at radius 3 is 2.62 bits per heavy atom. The number of rotatable bonds is 10. The highest BCUT2D eigenvalue weighted by Crippen LogP contribution is 2.28. The molecule has 8 heteroatoms. The zero-order chi connectivity index (χ0) is 23.9. The lowest BCUT2D eigenvalue weighted by Gasteiger charge is -2.12. The number of benzene rings is 2. The van der Waals surface area contributed by atoms with E-state index in [-0.39, 0.29) is 5.91 Å². The Kier molecular flexibility index (Phi) is 7.80. The van der Waals surface area contributed by atoms with Crippen LogP contribution in [0.15, 0.2) is 70.4 Å². The third-order valence-corrected chi connectivity index (χ3v) is 6.02. The van der Waals surface area contributed by atoms with E-state index >= 15 is 0 Å². The smallest absolute Gasteiger partial charge is 0.252 e. The molecule has 0 spiro atoms. The summed E-state index contributed by atoms with van der Waals surface area (Å²) >= 11 is 1.60. The number of nitrogens with zero attached hydrogens (tertiary/aromatic N) is 4. The molecule has 0 unspecified atom stereocenters. The molecule has 0 aliphatic rings. The van der Waals surface area contributed by atoms with Crippen LogP contribution >= 0.6 is 11.8 Å². The van der Waals surface area contributed by atoms with Crippen LogP contribution in [-0.4, -0.2) is 38.5 Å². The maximum atomic E-state index is 13.0. The molecule has 0 aliphatic carbocycles. The van der Waals surface area contributed by atoms with Gasteiger partial charge in [0.15, 0.2) is 10.9 Å². The van der Waals surface area contributed by atoms with Crippen LogP contribution in [0, 0.1) is 5.92 Å². The van der Waals surface area contributed by atoms with Crippen molar-refractivity contribution in [1.82, 2.24) is 25.1 Å². The van der Waals surface area contributed by atoms with Crippen molar-refractivity contribution in [3.8, 4) is 22.8 Å². The number of hydrogen-bond acceptors (Lipinski definition) is 6. The Morgan fingerprint density at radius 1 is 1.09 bits per heavy atom. The van der Waals surface area contributed by atoms with Crippen LogP contribution < -0.4 is 5.32 Å². The Bertz CT molecular complexity index is 1230. The van der Waals surface area contributed by atoms with E-state index in [4.69, 9.17) is 4.42 Å². The summed E-state index contributed by atoms with van der Waals surface area (Å²) in [6.45, 7) is 5.79. The zero-order valence-electron chi connectivity index (χ0n) is 19.7. The summed E-state index contributed by atoms with van der Waals surface area (Å²) in [6, 6.07) is 17.2. The molecule has 2 aromatic carbocycles. The average molecular weight is 476 g/mol. The van der Waals surface area contributed by atoms with Crippen molar-refractivity contribution in [2.45, 2.75) is 38.4 Å². The fourth-order valence-corrected chi connectivity index (χ4v) is 4.27. The van der Waals surface area contributed by atoms with Crippen molar-refractivity contribution in [3.05, 3.63) is 72.2 Å². The Morgan fingerprint density at radius 2 is 1.85 bits per heavy atom. The first-order valence-electron chi connectivity index (χ1n) is 11.4. The molecule has 0 bridgehead atoms. The van der Waals surface area contributed by atoms with Gasteiger partial charge >= 0.3 is 0 Å². The average Bonchev–Trinajstić information content (AvgIpc) is 3.49. The molecule has 0 saturated heterocycles. The third kappa shape index (κ3) is 5.56. The first-order chi connectivity index (χ1) is 16.6. The van der Waals surface area contributed by atoms with E-state index in [9.17, 15) is 4.79 Å². The molecule has 1 amide bonds. The van der Waals surface area contributed by atoms with Crippen molar-refractivity contribution in [1.29, 1.82) is 0 Å². The maximum absolute atomic E-state index is 13.0. The van der Waals surface area contributed by atoms with Gasteiger partial charge in [-0.3, -0.25) is 4.79 Å². The highest BCUT2D eigenvalue weighted by atomic mass is 32.2. The predicted octanol–water partition coefficient (Wildman–Crippen LogP) is 5.34. The number of oxazole rings is 1. The van der Waals surface area contributed by atoms with Gasteiger partial charge in [-0.1, -0.05) is 68.1 Å². The molecule has 4 aromatic rings. The highest BCUT2D eigenvalue weighted by Gasteiger charge is 2.17. The topological polar surface area (TPSA) is 85.8 Å². The summed E-state index contributed by atoms with van der Waals surface area (Å²) in [5, 5.41) is 12.6. The van der Waals surface area contributed by atoms with Crippen molar-refractivity contribution in [2.24, 2.45) is 5.92 Å². The molecule has 4 rings (SSSR count). The van der Waals surface area contributed by atoms with Crippen molar-refractivity contribution >= 4 is 17.7 Å².